The molecule has 8 aromatic carbocycles. The molecule has 0 fully saturated rings. The van der Waals surface area contributed by atoms with Crippen LogP contribution in [0.15, 0.2) is 158 Å². The van der Waals surface area contributed by atoms with Gasteiger partial charge in [-0.2, -0.15) is 0 Å². The molecule has 0 spiro atoms. The van der Waals surface area contributed by atoms with E-state index in [1.54, 1.807) is 0 Å². The number of hydrogen-bond donors (Lipinski definition) is 0. The minimum atomic E-state index is 1.23. The van der Waals surface area contributed by atoms with E-state index in [-0.39, 0.29) is 0 Å². The molecule has 43 heavy (non-hydrogen) atoms. The number of fused-ring (bicyclic) bond motifs is 6. The van der Waals surface area contributed by atoms with Gasteiger partial charge in [0.25, 0.3) is 0 Å². The highest BCUT2D eigenvalue weighted by Gasteiger charge is 2.19. The molecule has 0 aliphatic rings. The van der Waals surface area contributed by atoms with Crippen molar-refractivity contribution in [3.8, 4) is 33.4 Å². The molecule has 9 rings (SSSR count). The Morgan fingerprint density at radius 3 is 1.58 bits per heavy atom. The molecule has 0 bridgehead atoms. The van der Waals surface area contributed by atoms with Crippen LogP contribution in [0.5, 0.6) is 0 Å². The van der Waals surface area contributed by atoms with Gasteiger partial charge in [-0.3, -0.25) is 0 Å². The van der Waals surface area contributed by atoms with E-state index in [2.05, 4.69) is 158 Å². The molecule has 9 aromatic rings. The number of hydrogen-bond acceptors (Lipinski definition) is 1. The van der Waals surface area contributed by atoms with E-state index in [1.165, 1.54) is 85.9 Å². The lowest BCUT2D eigenvalue weighted by molar-refractivity contribution is 1.63. The maximum absolute atomic E-state index is 2.31. The Bertz CT molecular complexity index is 2440. The summed E-state index contributed by atoms with van der Waals surface area (Å²) >= 11 is 1.90. The predicted octanol–water partition coefficient (Wildman–Crippen LogP) is 12.5. The molecule has 0 amide bonds. The van der Waals surface area contributed by atoms with Gasteiger partial charge in [-0.05, 0) is 72.3 Å². The molecule has 1 heteroatoms. The van der Waals surface area contributed by atoms with Crippen molar-refractivity contribution in [1.82, 2.24) is 0 Å². The van der Waals surface area contributed by atoms with Gasteiger partial charge in [0, 0.05) is 25.7 Å². The van der Waals surface area contributed by atoms with Gasteiger partial charge >= 0.3 is 0 Å². The summed E-state index contributed by atoms with van der Waals surface area (Å²) in [5.74, 6) is 0. The smallest absolute Gasteiger partial charge is 0.0434 e. The second-order valence-electron chi connectivity index (χ2n) is 11.3. The summed E-state index contributed by atoms with van der Waals surface area (Å²) in [7, 11) is 0. The Hall–Kier alpha value is -5.24. The molecule has 0 aliphatic carbocycles. The third-order valence-electron chi connectivity index (χ3n) is 8.86. The maximum Gasteiger partial charge on any atom is 0.0434 e. The van der Waals surface area contributed by atoms with Crippen LogP contribution in [0.3, 0.4) is 0 Å². The largest absolute Gasteiger partial charge is 0.135 e. The summed E-state index contributed by atoms with van der Waals surface area (Å²) in [5.41, 5.74) is 7.64. The monoisotopic (exact) mass is 562 g/mol. The molecule has 0 N–H and O–H groups in total. The van der Waals surface area contributed by atoms with E-state index in [0.29, 0.717) is 0 Å². The van der Waals surface area contributed by atoms with Gasteiger partial charge in [0.2, 0.25) is 0 Å². The van der Waals surface area contributed by atoms with E-state index in [1.807, 2.05) is 11.3 Å². The molecule has 1 heterocycles. The van der Waals surface area contributed by atoms with Gasteiger partial charge in [-0.1, -0.05) is 146 Å². The highest BCUT2D eigenvalue weighted by molar-refractivity contribution is 7.26. The van der Waals surface area contributed by atoms with Crippen molar-refractivity contribution in [2.45, 2.75) is 0 Å². The van der Waals surface area contributed by atoms with Crippen molar-refractivity contribution in [1.29, 1.82) is 0 Å². The van der Waals surface area contributed by atoms with Crippen molar-refractivity contribution in [2.75, 3.05) is 0 Å². The zero-order chi connectivity index (χ0) is 28.3. The molecular weight excluding hydrogens is 537 g/mol. The molecule has 0 unspecified atom stereocenters. The Kier molecular flexibility index (Phi) is 5.47. The summed E-state index contributed by atoms with van der Waals surface area (Å²) in [5, 5.41) is 10.4. The second kappa shape index (κ2) is 9.66. The van der Waals surface area contributed by atoms with Crippen LogP contribution < -0.4 is 0 Å². The first-order valence-electron chi connectivity index (χ1n) is 14.8. The van der Waals surface area contributed by atoms with Gasteiger partial charge in [-0.15, -0.1) is 11.3 Å². The van der Waals surface area contributed by atoms with E-state index >= 15 is 0 Å². The van der Waals surface area contributed by atoms with Gasteiger partial charge < -0.3 is 0 Å². The van der Waals surface area contributed by atoms with E-state index in [0.717, 1.165) is 0 Å². The first-order chi connectivity index (χ1) is 21.3. The Morgan fingerprint density at radius 2 is 0.860 bits per heavy atom. The van der Waals surface area contributed by atoms with Crippen molar-refractivity contribution < 1.29 is 0 Å². The molecule has 0 saturated heterocycles. The summed E-state index contributed by atoms with van der Waals surface area (Å²) in [6, 6.07) is 57.9. The SMILES string of the molecule is c1ccc2cc(-c3ccc(-c4c5ccccc5c(-c5cccc6c5sc5ccccc56)c5ccccc45)cc3)ccc2c1. The second-order valence-corrected chi connectivity index (χ2v) is 12.3. The van der Waals surface area contributed by atoms with E-state index in [4.69, 9.17) is 0 Å². The van der Waals surface area contributed by atoms with Crippen LogP contribution in [0.25, 0.3) is 85.9 Å². The first kappa shape index (κ1) is 24.4. The fraction of sp³-hybridized carbons (Fsp3) is 0. The average molecular weight is 563 g/mol. The Morgan fingerprint density at radius 1 is 0.326 bits per heavy atom. The lowest BCUT2D eigenvalue weighted by atomic mass is 9.85. The summed E-state index contributed by atoms with van der Waals surface area (Å²) < 4.78 is 2.69. The fourth-order valence-corrected chi connectivity index (χ4v) is 8.09. The Balaban J connectivity index is 1.28. The van der Waals surface area contributed by atoms with Crippen LogP contribution in [-0.2, 0) is 0 Å². The first-order valence-corrected chi connectivity index (χ1v) is 15.6. The summed E-state index contributed by atoms with van der Waals surface area (Å²) in [4.78, 5) is 0. The van der Waals surface area contributed by atoms with Crippen LogP contribution in [0.1, 0.15) is 0 Å². The lowest BCUT2D eigenvalue weighted by Crippen LogP contribution is -1.91. The van der Waals surface area contributed by atoms with Crippen molar-refractivity contribution in [2.24, 2.45) is 0 Å². The molecule has 0 atom stereocenters. The third kappa shape index (κ3) is 3.82. The molecule has 200 valence electrons. The fourth-order valence-electron chi connectivity index (χ4n) is 6.87. The van der Waals surface area contributed by atoms with Crippen LogP contribution in [0, 0.1) is 0 Å². The lowest BCUT2D eigenvalue weighted by Gasteiger charge is -2.18. The van der Waals surface area contributed by atoms with Gasteiger partial charge in [0.15, 0.2) is 0 Å². The molecule has 1 aromatic heterocycles. The highest BCUT2D eigenvalue weighted by Crippen LogP contribution is 2.47. The molecular formula is C42H26S. The van der Waals surface area contributed by atoms with Gasteiger partial charge in [0.1, 0.15) is 0 Å². The molecule has 0 saturated carbocycles. The zero-order valence-corrected chi connectivity index (χ0v) is 24.2. The summed E-state index contributed by atoms with van der Waals surface area (Å²) in [6.45, 7) is 0. The molecule has 0 radical (unpaired) electrons. The van der Waals surface area contributed by atoms with Crippen molar-refractivity contribution >= 4 is 63.8 Å². The minimum Gasteiger partial charge on any atom is -0.135 e. The average Bonchev–Trinajstić information content (AvgIpc) is 3.46. The quantitative estimate of drug-likeness (QED) is 0.188. The number of rotatable bonds is 3. The topological polar surface area (TPSA) is 0 Å². The minimum absolute atomic E-state index is 1.23. The standard InChI is InChI=1S/C42H26S/c1-2-11-30-26-31(25-22-27(30)10-1)28-20-23-29(24-21-28)40-33-13-3-5-15-35(33)41(36-16-6-4-14-34(36)40)38-18-9-17-37-32-12-7-8-19-39(32)43-42(37)38/h1-26H. The van der Waals surface area contributed by atoms with Gasteiger partial charge in [0.05, 0.1) is 0 Å². The normalized spacial score (nSPS) is 11.7. The van der Waals surface area contributed by atoms with Crippen LogP contribution in [-0.4, -0.2) is 0 Å². The Labute approximate surface area is 254 Å². The summed E-state index contributed by atoms with van der Waals surface area (Å²) in [6.07, 6.45) is 0. The van der Waals surface area contributed by atoms with Gasteiger partial charge in [-0.25, -0.2) is 0 Å². The van der Waals surface area contributed by atoms with E-state index in [9.17, 15) is 0 Å². The molecule has 0 nitrogen and oxygen atoms in total. The van der Waals surface area contributed by atoms with Crippen molar-refractivity contribution in [3.05, 3.63) is 158 Å². The number of benzene rings is 8. The molecule has 0 aliphatic heterocycles. The van der Waals surface area contributed by atoms with Crippen LogP contribution >= 0.6 is 11.3 Å². The van der Waals surface area contributed by atoms with Crippen molar-refractivity contribution in [3.63, 3.8) is 0 Å². The zero-order valence-electron chi connectivity index (χ0n) is 23.4. The predicted molar refractivity (Wildman–Crippen MR) is 188 cm³/mol. The van der Waals surface area contributed by atoms with Crippen LogP contribution in [0.2, 0.25) is 0 Å². The maximum atomic E-state index is 2.31. The highest BCUT2D eigenvalue weighted by atomic mass is 32.1. The number of thiophene rings is 1. The van der Waals surface area contributed by atoms with Crippen LogP contribution in [0.4, 0.5) is 0 Å². The third-order valence-corrected chi connectivity index (χ3v) is 10.1. The van der Waals surface area contributed by atoms with E-state index < -0.39 is 0 Å².